The lowest BCUT2D eigenvalue weighted by Gasteiger charge is -2.05. The van der Waals surface area contributed by atoms with Gasteiger partial charge in [0, 0.05) is 5.39 Å². The van der Waals surface area contributed by atoms with E-state index in [2.05, 4.69) is 20.2 Å². The molecule has 0 aliphatic carbocycles. The quantitative estimate of drug-likeness (QED) is 0.619. The number of hydrogen-bond acceptors (Lipinski definition) is 4. The number of fused-ring (bicyclic) bond motifs is 1. The summed E-state index contributed by atoms with van der Waals surface area (Å²) in [6.07, 6.45) is 0. The molecule has 3 rings (SSSR count). The highest BCUT2D eigenvalue weighted by Crippen LogP contribution is 2.22. The van der Waals surface area contributed by atoms with Gasteiger partial charge in [0.25, 0.3) is 0 Å². The molecule has 0 aliphatic rings. The first-order chi connectivity index (χ1) is 8.78. The molecule has 0 spiro atoms. The Morgan fingerprint density at radius 1 is 1.28 bits per heavy atom. The predicted molar refractivity (Wildman–Crippen MR) is 65.9 cm³/mol. The van der Waals surface area contributed by atoms with Crippen molar-refractivity contribution >= 4 is 10.8 Å². The van der Waals surface area contributed by atoms with E-state index in [1.807, 2.05) is 30.3 Å². The van der Waals surface area contributed by atoms with E-state index in [0.717, 1.165) is 10.8 Å². The number of aliphatic hydroxyl groups is 1. The Kier molecular flexibility index (Phi) is 2.42. The third kappa shape index (κ3) is 1.68. The van der Waals surface area contributed by atoms with Crippen LogP contribution >= 0.6 is 0 Å². The molecule has 3 N–H and O–H groups in total. The molecular weight excluding hydrogens is 232 g/mol. The number of nitrogens with zero attached hydrogens (tertiary/aromatic N) is 2. The number of pyridine rings is 1. The number of aliphatic hydroxyl groups excluding tert-OH is 1. The van der Waals surface area contributed by atoms with Crippen molar-refractivity contribution in [1.82, 2.24) is 20.2 Å². The van der Waals surface area contributed by atoms with E-state index in [1.54, 1.807) is 0 Å². The zero-order valence-corrected chi connectivity index (χ0v) is 9.34. The fourth-order valence-corrected chi connectivity index (χ4v) is 1.90. The molecule has 0 bridgehead atoms. The normalized spacial score (nSPS) is 10.9. The van der Waals surface area contributed by atoms with Crippen LogP contribution in [0.4, 0.5) is 0 Å². The van der Waals surface area contributed by atoms with Gasteiger partial charge in [0.1, 0.15) is 5.69 Å². The lowest BCUT2D eigenvalue weighted by atomic mass is 10.1. The van der Waals surface area contributed by atoms with Crippen molar-refractivity contribution in [3.8, 4) is 11.5 Å². The van der Waals surface area contributed by atoms with Crippen LogP contribution in [-0.4, -0.2) is 25.3 Å². The Labute approximate surface area is 101 Å². The van der Waals surface area contributed by atoms with Crippen molar-refractivity contribution in [1.29, 1.82) is 0 Å². The van der Waals surface area contributed by atoms with Crippen molar-refractivity contribution < 1.29 is 5.11 Å². The minimum Gasteiger partial charge on any atom is -0.390 e. The van der Waals surface area contributed by atoms with Crippen molar-refractivity contribution in [2.75, 3.05) is 0 Å². The van der Waals surface area contributed by atoms with E-state index in [9.17, 15) is 9.90 Å². The van der Waals surface area contributed by atoms with Gasteiger partial charge in [-0.05, 0) is 11.5 Å². The van der Waals surface area contributed by atoms with Gasteiger partial charge in [0.15, 0.2) is 5.82 Å². The molecular formula is C12H10N4O2. The van der Waals surface area contributed by atoms with Gasteiger partial charge >= 0.3 is 5.69 Å². The van der Waals surface area contributed by atoms with Crippen LogP contribution < -0.4 is 5.69 Å². The standard InChI is InChI=1S/C12H10N4O2/c17-6-10-8-4-2-1-3-7(8)5-9(13-10)11-14-12(18)16-15-11/h1-5,17H,6H2,(H2,14,15,16,18). The van der Waals surface area contributed by atoms with Crippen LogP contribution in [0.25, 0.3) is 22.3 Å². The summed E-state index contributed by atoms with van der Waals surface area (Å²) >= 11 is 0. The Balaban J connectivity index is 2.28. The van der Waals surface area contributed by atoms with E-state index < -0.39 is 0 Å². The van der Waals surface area contributed by atoms with Crippen LogP contribution in [-0.2, 0) is 6.61 Å². The number of hydrogen-bond donors (Lipinski definition) is 3. The molecule has 0 saturated carbocycles. The van der Waals surface area contributed by atoms with Gasteiger partial charge in [-0.15, -0.1) is 0 Å². The first-order valence-electron chi connectivity index (χ1n) is 5.42. The summed E-state index contributed by atoms with van der Waals surface area (Å²) in [6.45, 7) is -0.164. The molecule has 1 aromatic carbocycles. The van der Waals surface area contributed by atoms with Crippen LogP contribution in [0, 0.1) is 0 Å². The van der Waals surface area contributed by atoms with Crippen molar-refractivity contribution in [3.63, 3.8) is 0 Å². The summed E-state index contributed by atoms with van der Waals surface area (Å²) in [7, 11) is 0. The van der Waals surface area contributed by atoms with E-state index in [4.69, 9.17) is 0 Å². The second-order valence-corrected chi connectivity index (χ2v) is 3.86. The largest absolute Gasteiger partial charge is 0.390 e. The Hall–Kier alpha value is -2.47. The van der Waals surface area contributed by atoms with Gasteiger partial charge in [-0.1, -0.05) is 24.3 Å². The third-order valence-corrected chi connectivity index (χ3v) is 2.71. The molecule has 90 valence electrons. The Morgan fingerprint density at radius 3 is 2.83 bits per heavy atom. The molecule has 2 heterocycles. The maximum atomic E-state index is 11.0. The molecule has 0 saturated heterocycles. The molecule has 0 amide bonds. The predicted octanol–water partition coefficient (Wildman–Crippen LogP) is 0.805. The summed E-state index contributed by atoms with van der Waals surface area (Å²) < 4.78 is 0. The molecule has 0 unspecified atom stereocenters. The lowest BCUT2D eigenvalue weighted by molar-refractivity contribution is 0.278. The van der Waals surface area contributed by atoms with Gasteiger partial charge in [-0.2, -0.15) is 5.10 Å². The van der Waals surface area contributed by atoms with Gasteiger partial charge in [0.05, 0.1) is 12.3 Å². The SMILES string of the molecule is O=c1[nH]nc(-c2cc3ccccc3c(CO)n2)[nH]1. The number of rotatable bonds is 2. The van der Waals surface area contributed by atoms with Crippen molar-refractivity contribution in [3.05, 3.63) is 46.5 Å². The summed E-state index contributed by atoms with van der Waals surface area (Å²) in [5.41, 5.74) is 0.702. The van der Waals surface area contributed by atoms with Crippen LogP contribution in [0.3, 0.4) is 0 Å². The van der Waals surface area contributed by atoms with Gasteiger partial charge in [0.2, 0.25) is 0 Å². The molecule has 6 nitrogen and oxygen atoms in total. The molecule has 0 atom stereocenters. The average Bonchev–Trinajstić information content (AvgIpc) is 2.84. The van der Waals surface area contributed by atoms with Crippen molar-refractivity contribution in [2.45, 2.75) is 6.61 Å². The van der Waals surface area contributed by atoms with E-state index >= 15 is 0 Å². The first-order valence-corrected chi connectivity index (χ1v) is 5.42. The highest BCUT2D eigenvalue weighted by molar-refractivity contribution is 5.87. The number of aromatic nitrogens is 4. The second kappa shape index (κ2) is 4.08. The topological polar surface area (TPSA) is 94.7 Å². The maximum Gasteiger partial charge on any atom is 0.340 e. The Morgan fingerprint density at radius 2 is 2.11 bits per heavy atom. The fraction of sp³-hybridized carbons (Fsp3) is 0.0833. The number of H-pyrrole nitrogens is 2. The van der Waals surface area contributed by atoms with E-state index in [1.165, 1.54) is 0 Å². The van der Waals surface area contributed by atoms with E-state index in [-0.39, 0.29) is 12.3 Å². The lowest BCUT2D eigenvalue weighted by Crippen LogP contribution is -2.01. The summed E-state index contributed by atoms with van der Waals surface area (Å²) in [6, 6.07) is 9.43. The summed E-state index contributed by atoms with van der Waals surface area (Å²) in [5, 5.41) is 17.3. The smallest absolute Gasteiger partial charge is 0.340 e. The van der Waals surface area contributed by atoms with Gasteiger partial charge in [-0.25, -0.2) is 14.9 Å². The zero-order chi connectivity index (χ0) is 12.5. The minimum absolute atomic E-state index is 0.164. The summed E-state index contributed by atoms with van der Waals surface area (Å²) in [5.74, 6) is 0.362. The van der Waals surface area contributed by atoms with Crippen molar-refractivity contribution in [2.24, 2.45) is 0 Å². The van der Waals surface area contributed by atoms with Gasteiger partial charge < -0.3 is 5.11 Å². The maximum absolute atomic E-state index is 11.0. The molecule has 0 fully saturated rings. The number of aromatic amines is 2. The van der Waals surface area contributed by atoms with E-state index in [0.29, 0.717) is 17.2 Å². The van der Waals surface area contributed by atoms with Crippen LogP contribution in [0.5, 0.6) is 0 Å². The molecule has 18 heavy (non-hydrogen) atoms. The molecule has 0 radical (unpaired) electrons. The highest BCUT2D eigenvalue weighted by atomic mass is 16.3. The molecule has 2 aromatic heterocycles. The molecule has 6 heteroatoms. The van der Waals surface area contributed by atoms with Crippen LogP contribution in [0.15, 0.2) is 35.1 Å². The zero-order valence-electron chi connectivity index (χ0n) is 9.34. The third-order valence-electron chi connectivity index (χ3n) is 2.71. The fourth-order valence-electron chi connectivity index (χ4n) is 1.90. The molecule has 0 aliphatic heterocycles. The van der Waals surface area contributed by atoms with Crippen LogP contribution in [0.2, 0.25) is 0 Å². The van der Waals surface area contributed by atoms with Crippen LogP contribution in [0.1, 0.15) is 5.69 Å². The number of benzene rings is 1. The second-order valence-electron chi connectivity index (χ2n) is 3.86. The monoisotopic (exact) mass is 242 g/mol. The molecule has 3 aromatic rings. The average molecular weight is 242 g/mol. The first kappa shape index (κ1) is 10.7. The number of nitrogens with one attached hydrogen (secondary N) is 2. The highest BCUT2D eigenvalue weighted by Gasteiger charge is 2.09. The Bertz CT molecular complexity index is 760. The summed E-state index contributed by atoms with van der Waals surface area (Å²) in [4.78, 5) is 17.9. The van der Waals surface area contributed by atoms with Gasteiger partial charge in [-0.3, -0.25) is 4.98 Å². The minimum atomic E-state index is -0.384.